The lowest BCUT2D eigenvalue weighted by Gasteiger charge is -2.27. The standard InChI is InChI=1S/C19H27N3O2/c1-21-10-7-17(12-18(21)23)19(24)20-13-15-5-4-6-16(11-15)14-22-8-2-3-9-22/h4-6,11,17H,2-3,7-10,12-14H2,1H3,(H,20,24). The van der Waals surface area contributed by atoms with Crippen LogP contribution in [0, 0.1) is 5.92 Å². The lowest BCUT2D eigenvalue weighted by Crippen LogP contribution is -2.41. The molecule has 5 nitrogen and oxygen atoms in total. The second-order valence-electron chi connectivity index (χ2n) is 7.03. The van der Waals surface area contributed by atoms with Gasteiger partial charge in [0.25, 0.3) is 0 Å². The average Bonchev–Trinajstić information content (AvgIpc) is 3.08. The molecule has 2 amide bonds. The summed E-state index contributed by atoms with van der Waals surface area (Å²) in [6, 6.07) is 8.44. The van der Waals surface area contributed by atoms with Crippen molar-refractivity contribution >= 4 is 11.8 Å². The molecule has 0 radical (unpaired) electrons. The summed E-state index contributed by atoms with van der Waals surface area (Å²) >= 11 is 0. The summed E-state index contributed by atoms with van der Waals surface area (Å²) in [6.45, 7) is 4.57. The van der Waals surface area contributed by atoms with Crippen molar-refractivity contribution < 1.29 is 9.59 Å². The summed E-state index contributed by atoms with van der Waals surface area (Å²) in [4.78, 5) is 28.2. The Balaban J connectivity index is 1.50. The summed E-state index contributed by atoms with van der Waals surface area (Å²) in [7, 11) is 1.79. The molecule has 2 saturated heterocycles. The van der Waals surface area contributed by atoms with Crippen LogP contribution >= 0.6 is 0 Å². The van der Waals surface area contributed by atoms with Crippen LogP contribution in [0.3, 0.4) is 0 Å². The molecule has 2 fully saturated rings. The third kappa shape index (κ3) is 4.35. The number of hydrogen-bond donors (Lipinski definition) is 1. The van der Waals surface area contributed by atoms with Gasteiger partial charge < -0.3 is 10.2 Å². The molecule has 1 aromatic carbocycles. The topological polar surface area (TPSA) is 52.7 Å². The summed E-state index contributed by atoms with van der Waals surface area (Å²) in [5.74, 6) is -0.114. The van der Waals surface area contributed by atoms with Crippen molar-refractivity contribution in [3.8, 4) is 0 Å². The number of nitrogens with one attached hydrogen (secondary N) is 1. The maximum atomic E-state index is 12.3. The molecule has 24 heavy (non-hydrogen) atoms. The molecule has 130 valence electrons. The van der Waals surface area contributed by atoms with Gasteiger partial charge in [-0.25, -0.2) is 0 Å². The Bertz CT molecular complexity index is 596. The van der Waals surface area contributed by atoms with Crippen LogP contribution in [0.5, 0.6) is 0 Å². The molecule has 0 saturated carbocycles. The summed E-state index contributed by atoms with van der Waals surface area (Å²) in [5.41, 5.74) is 2.43. The minimum atomic E-state index is -0.179. The second kappa shape index (κ2) is 7.79. The maximum Gasteiger partial charge on any atom is 0.223 e. The smallest absolute Gasteiger partial charge is 0.223 e. The Morgan fingerprint density at radius 1 is 1.21 bits per heavy atom. The maximum absolute atomic E-state index is 12.3. The summed E-state index contributed by atoms with van der Waals surface area (Å²) in [5, 5.41) is 3.00. The van der Waals surface area contributed by atoms with Gasteiger partial charge in [-0.05, 0) is 43.5 Å². The third-order valence-corrected chi connectivity index (χ3v) is 5.09. The van der Waals surface area contributed by atoms with Crippen molar-refractivity contribution in [2.24, 2.45) is 5.92 Å². The second-order valence-corrected chi connectivity index (χ2v) is 7.03. The first-order valence-corrected chi connectivity index (χ1v) is 8.93. The van der Waals surface area contributed by atoms with Gasteiger partial charge >= 0.3 is 0 Å². The number of piperidine rings is 1. The Labute approximate surface area is 144 Å². The van der Waals surface area contributed by atoms with Crippen LogP contribution in [-0.4, -0.2) is 48.3 Å². The van der Waals surface area contributed by atoms with Crippen LogP contribution in [0.15, 0.2) is 24.3 Å². The normalized spacial score (nSPS) is 22.0. The van der Waals surface area contributed by atoms with Gasteiger partial charge in [0, 0.05) is 39.0 Å². The zero-order valence-corrected chi connectivity index (χ0v) is 14.5. The Morgan fingerprint density at radius 3 is 2.71 bits per heavy atom. The Kier molecular flexibility index (Phi) is 5.51. The molecular formula is C19H27N3O2. The molecule has 3 rings (SSSR count). The minimum absolute atomic E-state index is 0.00129. The van der Waals surface area contributed by atoms with E-state index in [0.717, 1.165) is 18.5 Å². The first-order chi connectivity index (χ1) is 11.6. The van der Waals surface area contributed by atoms with Crippen LogP contribution in [0.1, 0.15) is 36.8 Å². The van der Waals surface area contributed by atoms with Crippen LogP contribution in [0.2, 0.25) is 0 Å². The van der Waals surface area contributed by atoms with Gasteiger partial charge in [0.1, 0.15) is 0 Å². The van der Waals surface area contributed by atoms with Gasteiger partial charge in [-0.3, -0.25) is 14.5 Å². The number of carbonyl (C=O) groups excluding carboxylic acids is 2. The van der Waals surface area contributed by atoms with Crippen molar-refractivity contribution in [3.63, 3.8) is 0 Å². The van der Waals surface area contributed by atoms with Crippen molar-refractivity contribution in [1.29, 1.82) is 0 Å². The first kappa shape index (κ1) is 17.0. The molecule has 5 heteroatoms. The fraction of sp³-hybridized carbons (Fsp3) is 0.579. The molecule has 0 aliphatic carbocycles. The number of rotatable bonds is 5. The van der Waals surface area contributed by atoms with Gasteiger partial charge in [0.05, 0.1) is 0 Å². The van der Waals surface area contributed by atoms with Crippen LogP contribution in [0.4, 0.5) is 0 Å². The fourth-order valence-electron chi connectivity index (χ4n) is 3.54. The van der Waals surface area contributed by atoms with Gasteiger partial charge in [0.15, 0.2) is 0 Å². The van der Waals surface area contributed by atoms with E-state index in [4.69, 9.17) is 0 Å². The molecule has 2 aliphatic heterocycles. The molecule has 2 aliphatic rings. The van der Waals surface area contributed by atoms with E-state index in [1.807, 2.05) is 6.07 Å². The van der Waals surface area contributed by atoms with Crippen molar-refractivity contribution in [2.75, 3.05) is 26.7 Å². The third-order valence-electron chi connectivity index (χ3n) is 5.09. The zero-order valence-electron chi connectivity index (χ0n) is 14.5. The van der Waals surface area contributed by atoms with E-state index in [-0.39, 0.29) is 17.7 Å². The average molecular weight is 329 g/mol. The molecule has 0 aromatic heterocycles. The van der Waals surface area contributed by atoms with Crippen molar-refractivity contribution in [1.82, 2.24) is 15.1 Å². The van der Waals surface area contributed by atoms with Crippen molar-refractivity contribution in [3.05, 3.63) is 35.4 Å². The fourth-order valence-corrected chi connectivity index (χ4v) is 3.54. The van der Waals surface area contributed by atoms with Gasteiger partial charge in [0.2, 0.25) is 11.8 Å². The summed E-state index contributed by atoms with van der Waals surface area (Å²) < 4.78 is 0. The van der Waals surface area contributed by atoms with Gasteiger partial charge in [-0.1, -0.05) is 24.3 Å². The van der Waals surface area contributed by atoms with E-state index < -0.39 is 0 Å². The molecule has 1 atom stereocenters. The van der Waals surface area contributed by atoms with Crippen molar-refractivity contribution in [2.45, 2.75) is 38.8 Å². The molecule has 1 N–H and O–H groups in total. The van der Waals surface area contributed by atoms with Gasteiger partial charge in [-0.15, -0.1) is 0 Å². The predicted molar refractivity (Wildman–Crippen MR) is 93.2 cm³/mol. The number of amides is 2. The lowest BCUT2D eigenvalue weighted by molar-refractivity contribution is -0.139. The Morgan fingerprint density at radius 2 is 1.96 bits per heavy atom. The van der Waals surface area contributed by atoms with E-state index in [0.29, 0.717) is 19.5 Å². The molecule has 0 bridgehead atoms. The quantitative estimate of drug-likeness (QED) is 0.896. The molecular weight excluding hydrogens is 302 g/mol. The van der Waals surface area contributed by atoms with E-state index in [1.54, 1.807) is 11.9 Å². The summed E-state index contributed by atoms with van der Waals surface area (Å²) in [6.07, 6.45) is 3.68. The molecule has 2 heterocycles. The lowest BCUT2D eigenvalue weighted by atomic mass is 9.95. The highest BCUT2D eigenvalue weighted by atomic mass is 16.2. The number of likely N-dealkylation sites (tertiary alicyclic amines) is 2. The van der Waals surface area contributed by atoms with E-state index in [1.165, 1.54) is 31.5 Å². The monoisotopic (exact) mass is 329 g/mol. The van der Waals surface area contributed by atoms with Crippen LogP contribution in [0.25, 0.3) is 0 Å². The van der Waals surface area contributed by atoms with E-state index in [9.17, 15) is 9.59 Å². The highest BCUT2D eigenvalue weighted by molar-refractivity contribution is 5.86. The van der Waals surface area contributed by atoms with E-state index >= 15 is 0 Å². The van der Waals surface area contributed by atoms with Crippen LogP contribution in [-0.2, 0) is 22.7 Å². The molecule has 0 spiro atoms. The van der Waals surface area contributed by atoms with Gasteiger partial charge in [-0.2, -0.15) is 0 Å². The number of carbonyl (C=O) groups is 2. The highest BCUT2D eigenvalue weighted by Crippen LogP contribution is 2.18. The number of nitrogens with zero attached hydrogens (tertiary/aromatic N) is 2. The number of benzene rings is 1. The largest absolute Gasteiger partial charge is 0.352 e. The predicted octanol–water partition coefficient (Wildman–Crippen LogP) is 1.77. The SMILES string of the molecule is CN1CCC(C(=O)NCc2cccc(CN3CCCC3)c2)CC1=O. The minimum Gasteiger partial charge on any atom is -0.352 e. The molecule has 1 unspecified atom stereocenters. The first-order valence-electron chi connectivity index (χ1n) is 8.93. The highest BCUT2D eigenvalue weighted by Gasteiger charge is 2.28. The van der Waals surface area contributed by atoms with E-state index in [2.05, 4.69) is 28.4 Å². The molecule has 1 aromatic rings. The van der Waals surface area contributed by atoms with Crippen LogP contribution < -0.4 is 5.32 Å². The Hall–Kier alpha value is -1.88. The number of hydrogen-bond acceptors (Lipinski definition) is 3. The zero-order chi connectivity index (χ0) is 16.9.